The van der Waals surface area contributed by atoms with Crippen LogP contribution in [0.5, 0.6) is 0 Å². The summed E-state index contributed by atoms with van der Waals surface area (Å²) in [5.41, 5.74) is 1.53. The van der Waals surface area contributed by atoms with Crippen molar-refractivity contribution in [1.29, 1.82) is 0 Å². The van der Waals surface area contributed by atoms with Gasteiger partial charge >= 0.3 is 0 Å². The van der Waals surface area contributed by atoms with Crippen molar-refractivity contribution in [3.05, 3.63) is 28.8 Å². The molecule has 2 amide bonds. The highest BCUT2D eigenvalue weighted by molar-refractivity contribution is 6.30. The van der Waals surface area contributed by atoms with Crippen molar-refractivity contribution in [2.75, 3.05) is 32.5 Å². The molecule has 1 aromatic rings. The van der Waals surface area contributed by atoms with Crippen molar-refractivity contribution in [3.8, 4) is 0 Å². The van der Waals surface area contributed by atoms with Crippen LogP contribution in [0.2, 0.25) is 5.02 Å². The fourth-order valence-electron chi connectivity index (χ4n) is 1.59. The normalized spacial score (nSPS) is 10.4. The number of rotatable bonds is 6. The Hall–Kier alpha value is -1.59. The van der Waals surface area contributed by atoms with Gasteiger partial charge in [0.15, 0.2) is 0 Å². The number of hydrogen-bond donors (Lipinski definition) is 2. The highest BCUT2D eigenvalue weighted by Crippen LogP contribution is 2.19. The smallest absolute Gasteiger partial charge is 0.233 e. The molecule has 0 aliphatic rings. The Labute approximate surface area is 124 Å². The number of anilines is 1. The number of carbonyl (C=O) groups is 2. The summed E-state index contributed by atoms with van der Waals surface area (Å²) in [5.74, 6) is -0.617. The molecule has 5 nitrogen and oxygen atoms in total. The zero-order chi connectivity index (χ0) is 15.1. The van der Waals surface area contributed by atoms with E-state index in [4.69, 9.17) is 11.6 Å². The third kappa shape index (κ3) is 6.04. The Balaban J connectivity index is 2.41. The van der Waals surface area contributed by atoms with Crippen LogP contribution in [0, 0.1) is 6.92 Å². The largest absolute Gasteiger partial charge is 0.354 e. The molecule has 0 unspecified atom stereocenters. The van der Waals surface area contributed by atoms with Gasteiger partial charge in [-0.3, -0.25) is 9.59 Å². The highest BCUT2D eigenvalue weighted by Gasteiger charge is 2.10. The molecule has 0 saturated heterocycles. The van der Waals surface area contributed by atoms with Crippen LogP contribution in [0.3, 0.4) is 0 Å². The number of likely N-dealkylation sites (N-methyl/N-ethyl adjacent to an activating group) is 1. The monoisotopic (exact) mass is 297 g/mol. The van der Waals surface area contributed by atoms with Crippen LogP contribution in [0.4, 0.5) is 5.69 Å². The van der Waals surface area contributed by atoms with E-state index in [0.29, 0.717) is 17.3 Å². The molecule has 0 atom stereocenters. The van der Waals surface area contributed by atoms with Crippen molar-refractivity contribution in [3.63, 3.8) is 0 Å². The van der Waals surface area contributed by atoms with E-state index >= 15 is 0 Å². The Bertz CT molecular complexity index is 489. The van der Waals surface area contributed by atoms with Gasteiger partial charge in [0, 0.05) is 23.8 Å². The van der Waals surface area contributed by atoms with Crippen molar-refractivity contribution < 1.29 is 9.59 Å². The first-order valence-electron chi connectivity index (χ1n) is 6.36. The molecule has 0 heterocycles. The molecular formula is C14H20ClN3O2. The van der Waals surface area contributed by atoms with Gasteiger partial charge < -0.3 is 15.5 Å². The summed E-state index contributed by atoms with van der Waals surface area (Å²) < 4.78 is 0. The summed E-state index contributed by atoms with van der Waals surface area (Å²) in [7, 11) is 3.84. The fraction of sp³-hybridized carbons (Fsp3) is 0.429. The topological polar surface area (TPSA) is 61.4 Å². The molecule has 6 heteroatoms. The van der Waals surface area contributed by atoms with Crippen molar-refractivity contribution in [2.45, 2.75) is 13.3 Å². The zero-order valence-corrected chi connectivity index (χ0v) is 12.8. The first kappa shape index (κ1) is 16.5. The van der Waals surface area contributed by atoms with Gasteiger partial charge in [-0.05, 0) is 44.8 Å². The van der Waals surface area contributed by atoms with Gasteiger partial charge in [-0.25, -0.2) is 0 Å². The molecule has 0 fully saturated rings. The standard InChI is InChI=1S/C14H20ClN3O2/c1-10-8-11(15)4-5-12(10)17-14(20)9-13(19)16-6-7-18(2)3/h4-5,8H,6-7,9H2,1-3H3,(H,16,19)(H,17,20). The van der Waals surface area contributed by atoms with E-state index in [9.17, 15) is 9.59 Å². The number of nitrogens with zero attached hydrogens (tertiary/aromatic N) is 1. The number of aryl methyl sites for hydroxylation is 1. The zero-order valence-electron chi connectivity index (χ0n) is 12.0. The van der Waals surface area contributed by atoms with Crippen molar-refractivity contribution in [1.82, 2.24) is 10.2 Å². The first-order chi connectivity index (χ1) is 9.38. The molecule has 1 rings (SSSR count). The second kappa shape index (κ2) is 7.87. The van der Waals surface area contributed by atoms with Gasteiger partial charge in [0.1, 0.15) is 6.42 Å². The molecule has 110 valence electrons. The molecular weight excluding hydrogens is 278 g/mol. The lowest BCUT2D eigenvalue weighted by molar-refractivity contribution is -0.126. The van der Waals surface area contributed by atoms with E-state index in [1.54, 1.807) is 18.2 Å². The maximum Gasteiger partial charge on any atom is 0.233 e. The van der Waals surface area contributed by atoms with Crippen molar-refractivity contribution >= 4 is 29.1 Å². The molecule has 0 aliphatic carbocycles. The third-order valence-electron chi connectivity index (χ3n) is 2.66. The Morgan fingerprint density at radius 2 is 1.95 bits per heavy atom. The van der Waals surface area contributed by atoms with Crippen molar-refractivity contribution in [2.24, 2.45) is 0 Å². The van der Waals surface area contributed by atoms with E-state index in [2.05, 4.69) is 10.6 Å². The number of benzene rings is 1. The van der Waals surface area contributed by atoms with Crippen LogP contribution in [-0.4, -0.2) is 43.9 Å². The lowest BCUT2D eigenvalue weighted by Gasteiger charge is -2.11. The Morgan fingerprint density at radius 3 is 2.55 bits per heavy atom. The average molecular weight is 298 g/mol. The van der Waals surface area contributed by atoms with Gasteiger partial charge in [0.2, 0.25) is 11.8 Å². The van der Waals surface area contributed by atoms with E-state index < -0.39 is 0 Å². The summed E-state index contributed by atoms with van der Waals surface area (Å²) in [5, 5.41) is 6.00. The van der Waals surface area contributed by atoms with Gasteiger partial charge in [-0.2, -0.15) is 0 Å². The fourth-order valence-corrected chi connectivity index (χ4v) is 1.82. The van der Waals surface area contributed by atoms with E-state index in [1.807, 2.05) is 25.9 Å². The summed E-state index contributed by atoms with van der Waals surface area (Å²) in [6, 6.07) is 5.18. The summed E-state index contributed by atoms with van der Waals surface area (Å²) in [4.78, 5) is 25.3. The summed E-state index contributed by atoms with van der Waals surface area (Å²) in [6.45, 7) is 3.11. The lowest BCUT2D eigenvalue weighted by Crippen LogP contribution is -2.33. The number of carbonyl (C=O) groups excluding carboxylic acids is 2. The minimum atomic E-state index is -0.335. The minimum Gasteiger partial charge on any atom is -0.354 e. The maximum atomic E-state index is 11.7. The van der Waals surface area contributed by atoms with Gasteiger partial charge in [-0.15, -0.1) is 0 Å². The minimum absolute atomic E-state index is 0.185. The molecule has 1 aromatic carbocycles. The maximum absolute atomic E-state index is 11.7. The third-order valence-corrected chi connectivity index (χ3v) is 2.90. The van der Waals surface area contributed by atoms with Crippen LogP contribution in [0.15, 0.2) is 18.2 Å². The van der Waals surface area contributed by atoms with Crippen LogP contribution >= 0.6 is 11.6 Å². The highest BCUT2D eigenvalue weighted by atomic mass is 35.5. The van der Waals surface area contributed by atoms with Gasteiger partial charge in [0.05, 0.1) is 0 Å². The lowest BCUT2D eigenvalue weighted by atomic mass is 10.2. The molecule has 0 aromatic heterocycles. The van der Waals surface area contributed by atoms with E-state index in [0.717, 1.165) is 12.1 Å². The molecule has 0 spiro atoms. The number of hydrogen-bond acceptors (Lipinski definition) is 3. The van der Waals surface area contributed by atoms with Crippen LogP contribution in [-0.2, 0) is 9.59 Å². The van der Waals surface area contributed by atoms with Gasteiger partial charge in [0.25, 0.3) is 0 Å². The molecule has 20 heavy (non-hydrogen) atoms. The van der Waals surface area contributed by atoms with E-state index in [1.165, 1.54) is 0 Å². The Kier molecular flexibility index (Phi) is 6.48. The molecule has 0 bridgehead atoms. The number of halogens is 1. The van der Waals surface area contributed by atoms with Gasteiger partial charge in [-0.1, -0.05) is 11.6 Å². The summed E-state index contributed by atoms with van der Waals surface area (Å²) in [6.07, 6.45) is -0.185. The molecule has 0 radical (unpaired) electrons. The predicted octanol–water partition coefficient (Wildman–Crippen LogP) is 1.65. The average Bonchev–Trinajstić information content (AvgIpc) is 2.32. The van der Waals surface area contributed by atoms with E-state index in [-0.39, 0.29) is 18.2 Å². The molecule has 0 saturated carbocycles. The second-order valence-electron chi connectivity index (χ2n) is 4.84. The first-order valence-corrected chi connectivity index (χ1v) is 6.73. The van der Waals surface area contributed by atoms with Crippen LogP contribution < -0.4 is 10.6 Å². The Morgan fingerprint density at radius 1 is 1.25 bits per heavy atom. The number of nitrogens with one attached hydrogen (secondary N) is 2. The van der Waals surface area contributed by atoms with Crippen LogP contribution in [0.25, 0.3) is 0 Å². The SMILES string of the molecule is Cc1cc(Cl)ccc1NC(=O)CC(=O)NCCN(C)C. The molecule has 2 N–H and O–H groups in total. The molecule has 0 aliphatic heterocycles. The second-order valence-corrected chi connectivity index (χ2v) is 5.27. The number of amides is 2. The van der Waals surface area contributed by atoms with Crippen LogP contribution in [0.1, 0.15) is 12.0 Å². The quantitative estimate of drug-likeness (QED) is 0.785. The summed E-state index contributed by atoms with van der Waals surface area (Å²) >= 11 is 5.84. The predicted molar refractivity (Wildman–Crippen MR) is 81.0 cm³/mol.